The number of carbonyl (C=O) groups excluding carboxylic acids is 1. The van der Waals surface area contributed by atoms with E-state index in [0.29, 0.717) is 16.3 Å². The Kier molecular flexibility index (Phi) is 5.26. The van der Waals surface area contributed by atoms with E-state index in [-0.39, 0.29) is 5.91 Å². The van der Waals surface area contributed by atoms with Gasteiger partial charge in [-0.2, -0.15) is 0 Å². The summed E-state index contributed by atoms with van der Waals surface area (Å²) in [5.74, 6) is -0.153. The number of hydrogen-bond donors (Lipinski definition) is 2. The first-order valence-electron chi connectivity index (χ1n) is 6.62. The van der Waals surface area contributed by atoms with E-state index in [1.807, 2.05) is 32.0 Å². The van der Waals surface area contributed by atoms with Crippen molar-refractivity contribution in [3.63, 3.8) is 0 Å². The zero-order valence-corrected chi connectivity index (χ0v) is 14.2. The number of carbonyl (C=O) groups is 1. The first-order chi connectivity index (χ1) is 10.0. The molecule has 0 saturated heterocycles. The van der Waals surface area contributed by atoms with E-state index in [2.05, 4.69) is 26.6 Å². The molecule has 1 amide bonds. The number of halogens is 2. The first kappa shape index (κ1) is 15.9. The predicted octanol–water partition coefficient (Wildman–Crippen LogP) is 5.10. The molecule has 110 valence electrons. The van der Waals surface area contributed by atoms with Gasteiger partial charge in [0.25, 0.3) is 5.91 Å². The van der Waals surface area contributed by atoms with E-state index in [0.717, 1.165) is 22.3 Å². The summed E-state index contributed by atoms with van der Waals surface area (Å²) in [4.78, 5) is 12.4. The van der Waals surface area contributed by atoms with Crippen LogP contribution >= 0.6 is 27.5 Å². The third-order valence-corrected chi connectivity index (χ3v) is 4.18. The van der Waals surface area contributed by atoms with Gasteiger partial charge in [-0.3, -0.25) is 4.79 Å². The van der Waals surface area contributed by atoms with Gasteiger partial charge in [-0.05, 0) is 65.7 Å². The molecule has 0 fully saturated rings. The van der Waals surface area contributed by atoms with E-state index < -0.39 is 0 Å². The molecule has 0 bridgehead atoms. The lowest BCUT2D eigenvalue weighted by Gasteiger charge is -2.12. The minimum atomic E-state index is -0.153. The van der Waals surface area contributed by atoms with Gasteiger partial charge in [0.15, 0.2) is 0 Å². The van der Waals surface area contributed by atoms with Gasteiger partial charge in [0, 0.05) is 22.4 Å². The molecule has 21 heavy (non-hydrogen) atoms. The van der Waals surface area contributed by atoms with Gasteiger partial charge in [-0.25, -0.2) is 0 Å². The summed E-state index contributed by atoms with van der Waals surface area (Å²) in [6, 6.07) is 11.0. The van der Waals surface area contributed by atoms with Crippen LogP contribution in [0.5, 0.6) is 0 Å². The van der Waals surface area contributed by atoms with Crippen molar-refractivity contribution in [2.75, 3.05) is 17.2 Å². The fraction of sp³-hybridized carbons (Fsp3) is 0.188. The Morgan fingerprint density at radius 3 is 2.67 bits per heavy atom. The fourth-order valence-corrected chi connectivity index (χ4v) is 2.46. The fourth-order valence-electron chi connectivity index (χ4n) is 1.97. The van der Waals surface area contributed by atoms with Crippen LogP contribution in [-0.2, 0) is 0 Å². The summed E-state index contributed by atoms with van der Waals surface area (Å²) in [7, 11) is 0. The molecular weight excluding hydrogens is 352 g/mol. The van der Waals surface area contributed by atoms with Crippen molar-refractivity contribution in [3.05, 3.63) is 57.0 Å². The van der Waals surface area contributed by atoms with E-state index in [9.17, 15) is 4.79 Å². The average Bonchev–Trinajstić information content (AvgIpc) is 2.43. The van der Waals surface area contributed by atoms with E-state index in [4.69, 9.17) is 11.6 Å². The third kappa shape index (κ3) is 3.99. The minimum absolute atomic E-state index is 0.153. The van der Waals surface area contributed by atoms with Gasteiger partial charge in [0.05, 0.1) is 10.6 Å². The SMILES string of the molecule is CCNc1cc(C)ccc1C(=O)Nc1ccc(Cl)c(Br)c1. The molecule has 3 nitrogen and oxygen atoms in total. The molecule has 5 heteroatoms. The summed E-state index contributed by atoms with van der Waals surface area (Å²) >= 11 is 9.29. The Hall–Kier alpha value is -1.52. The molecule has 0 aliphatic rings. The maximum Gasteiger partial charge on any atom is 0.257 e. The van der Waals surface area contributed by atoms with Crippen LogP contribution in [0.25, 0.3) is 0 Å². The number of benzene rings is 2. The van der Waals surface area contributed by atoms with Crippen molar-refractivity contribution in [3.8, 4) is 0 Å². The summed E-state index contributed by atoms with van der Waals surface area (Å²) in [6.45, 7) is 4.76. The van der Waals surface area contributed by atoms with Gasteiger partial charge in [-0.15, -0.1) is 0 Å². The molecule has 0 unspecified atom stereocenters. The van der Waals surface area contributed by atoms with Crippen LogP contribution in [0.1, 0.15) is 22.8 Å². The molecule has 0 saturated carbocycles. The van der Waals surface area contributed by atoms with Gasteiger partial charge < -0.3 is 10.6 Å². The second kappa shape index (κ2) is 6.96. The summed E-state index contributed by atoms with van der Waals surface area (Å²) in [5, 5.41) is 6.70. The van der Waals surface area contributed by atoms with Crippen LogP contribution in [0, 0.1) is 6.92 Å². The zero-order valence-electron chi connectivity index (χ0n) is 11.8. The van der Waals surface area contributed by atoms with Crippen molar-refractivity contribution in [1.29, 1.82) is 0 Å². The third-order valence-electron chi connectivity index (χ3n) is 2.96. The number of rotatable bonds is 4. The van der Waals surface area contributed by atoms with E-state index in [1.165, 1.54) is 0 Å². The van der Waals surface area contributed by atoms with Crippen LogP contribution in [0.15, 0.2) is 40.9 Å². The summed E-state index contributed by atoms with van der Waals surface area (Å²) in [5.41, 5.74) is 3.26. The highest BCUT2D eigenvalue weighted by Crippen LogP contribution is 2.26. The second-order valence-corrected chi connectivity index (χ2v) is 5.92. The second-order valence-electron chi connectivity index (χ2n) is 4.66. The molecule has 0 aliphatic carbocycles. The van der Waals surface area contributed by atoms with E-state index >= 15 is 0 Å². The molecule has 0 radical (unpaired) electrons. The monoisotopic (exact) mass is 366 g/mol. The molecule has 0 heterocycles. The van der Waals surface area contributed by atoms with Gasteiger partial charge in [-0.1, -0.05) is 17.7 Å². The smallest absolute Gasteiger partial charge is 0.257 e. The van der Waals surface area contributed by atoms with Crippen LogP contribution < -0.4 is 10.6 Å². The normalized spacial score (nSPS) is 10.3. The first-order valence-corrected chi connectivity index (χ1v) is 7.79. The molecule has 2 rings (SSSR count). The zero-order chi connectivity index (χ0) is 15.4. The predicted molar refractivity (Wildman–Crippen MR) is 92.4 cm³/mol. The lowest BCUT2D eigenvalue weighted by Crippen LogP contribution is -2.15. The van der Waals surface area contributed by atoms with Crippen molar-refractivity contribution in [1.82, 2.24) is 0 Å². The molecule has 2 aromatic rings. The molecule has 0 aromatic heterocycles. The summed E-state index contributed by atoms with van der Waals surface area (Å²) in [6.07, 6.45) is 0. The number of amides is 1. The van der Waals surface area contributed by atoms with Crippen LogP contribution in [0.4, 0.5) is 11.4 Å². The van der Waals surface area contributed by atoms with Crippen LogP contribution in [-0.4, -0.2) is 12.5 Å². The Morgan fingerprint density at radius 2 is 2.00 bits per heavy atom. The number of nitrogens with one attached hydrogen (secondary N) is 2. The van der Waals surface area contributed by atoms with Gasteiger partial charge in [0.2, 0.25) is 0 Å². The molecule has 2 N–H and O–H groups in total. The Morgan fingerprint density at radius 1 is 1.24 bits per heavy atom. The van der Waals surface area contributed by atoms with E-state index in [1.54, 1.807) is 18.2 Å². The highest BCUT2D eigenvalue weighted by Gasteiger charge is 2.12. The van der Waals surface area contributed by atoms with Crippen LogP contribution in [0.3, 0.4) is 0 Å². The van der Waals surface area contributed by atoms with Crippen molar-refractivity contribution in [2.45, 2.75) is 13.8 Å². The van der Waals surface area contributed by atoms with Crippen molar-refractivity contribution in [2.24, 2.45) is 0 Å². The average molecular weight is 368 g/mol. The quantitative estimate of drug-likeness (QED) is 0.790. The maximum absolute atomic E-state index is 12.4. The van der Waals surface area contributed by atoms with Gasteiger partial charge >= 0.3 is 0 Å². The number of hydrogen-bond acceptors (Lipinski definition) is 2. The maximum atomic E-state index is 12.4. The van der Waals surface area contributed by atoms with Crippen molar-refractivity contribution < 1.29 is 4.79 Å². The Bertz CT molecular complexity index is 673. The molecular formula is C16H16BrClN2O. The number of aryl methyl sites for hydroxylation is 1. The molecule has 0 atom stereocenters. The Labute approximate surface area is 137 Å². The van der Waals surface area contributed by atoms with Crippen LogP contribution in [0.2, 0.25) is 5.02 Å². The standard InChI is InChI=1S/C16H16BrClN2O/c1-3-19-15-8-10(2)4-6-12(15)16(21)20-11-5-7-14(18)13(17)9-11/h4-9,19H,3H2,1-2H3,(H,20,21). The minimum Gasteiger partial charge on any atom is -0.385 e. The number of anilines is 2. The Balaban J connectivity index is 2.25. The lowest BCUT2D eigenvalue weighted by atomic mass is 10.1. The van der Waals surface area contributed by atoms with Gasteiger partial charge in [0.1, 0.15) is 0 Å². The highest BCUT2D eigenvalue weighted by atomic mass is 79.9. The summed E-state index contributed by atoms with van der Waals surface area (Å²) < 4.78 is 0.748. The molecule has 2 aromatic carbocycles. The highest BCUT2D eigenvalue weighted by molar-refractivity contribution is 9.10. The molecule has 0 aliphatic heterocycles. The lowest BCUT2D eigenvalue weighted by molar-refractivity contribution is 0.102. The molecule has 0 spiro atoms. The topological polar surface area (TPSA) is 41.1 Å². The largest absolute Gasteiger partial charge is 0.385 e. The van der Waals surface area contributed by atoms with Crippen molar-refractivity contribution >= 4 is 44.8 Å².